The van der Waals surface area contributed by atoms with Gasteiger partial charge >= 0.3 is 0 Å². The SMILES string of the molecule is CO/C(C)=C(/C#N)C(=O)c1ccc(F)cc1. The van der Waals surface area contributed by atoms with Gasteiger partial charge in [-0.1, -0.05) is 0 Å². The highest BCUT2D eigenvalue weighted by molar-refractivity contribution is 6.11. The monoisotopic (exact) mass is 219 g/mol. The van der Waals surface area contributed by atoms with Gasteiger partial charge in [0.15, 0.2) is 0 Å². The fourth-order valence-corrected chi connectivity index (χ4v) is 1.14. The van der Waals surface area contributed by atoms with E-state index in [2.05, 4.69) is 0 Å². The lowest BCUT2D eigenvalue weighted by atomic mass is 10.0. The van der Waals surface area contributed by atoms with Crippen molar-refractivity contribution in [2.75, 3.05) is 7.11 Å². The van der Waals surface area contributed by atoms with Crippen molar-refractivity contribution in [1.82, 2.24) is 0 Å². The number of ether oxygens (including phenoxy) is 1. The molecule has 1 aromatic rings. The molecular formula is C12H10FNO2. The van der Waals surface area contributed by atoms with Crippen LogP contribution in [0.3, 0.4) is 0 Å². The average Bonchev–Trinajstić information content (AvgIpc) is 2.30. The summed E-state index contributed by atoms with van der Waals surface area (Å²) in [5, 5.41) is 8.83. The molecule has 0 amide bonds. The number of carbonyl (C=O) groups is 1. The number of methoxy groups -OCH3 is 1. The number of allylic oxidation sites excluding steroid dienone is 2. The topological polar surface area (TPSA) is 50.1 Å². The van der Waals surface area contributed by atoms with Crippen LogP contribution in [0.25, 0.3) is 0 Å². The summed E-state index contributed by atoms with van der Waals surface area (Å²) in [4.78, 5) is 11.8. The molecule has 0 atom stereocenters. The first-order chi connectivity index (χ1) is 7.60. The average molecular weight is 219 g/mol. The molecule has 4 heteroatoms. The Balaban J connectivity index is 3.12. The first-order valence-electron chi connectivity index (χ1n) is 4.55. The van der Waals surface area contributed by atoms with E-state index in [-0.39, 0.29) is 16.9 Å². The van der Waals surface area contributed by atoms with Gasteiger partial charge in [0.25, 0.3) is 0 Å². The summed E-state index contributed by atoms with van der Waals surface area (Å²) in [5.74, 6) is -0.652. The van der Waals surface area contributed by atoms with Gasteiger partial charge in [-0.3, -0.25) is 4.79 Å². The Morgan fingerprint density at radius 2 is 1.94 bits per heavy atom. The lowest BCUT2D eigenvalue weighted by Gasteiger charge is -2.03. The van der Waals surface area contributed by atoms with E-state index < -0.39 is 11.6 Å². The fourth-order valence-electron chi connectivity index (χ4n) is 1.14. The van der Waals surface area contributed by atoms with Gasteiger partial charge in [0.1, 0.15) is 23.2 Å². The van der Waals surface area contributed by atoms with Crippen LogP contribution in [0.2, 0.25) is 0 Å². The second kappa shape index (κ2) is 5.08. The van der Waals surface area contributed by atoms with Crippen LogP contribution in [0.15, 0.2) is 35.6 Å². The highest BCUT2D eigenvalue weighted by Crippen LogP contribution is 2.13. The molecule has 16 heavy (non-hydrogen) atoms. The first-order valence-corrected chi connectivity index (χ1v) is 4.55. The van der Waals surface area contributed by atoms with Crippen molar-refractivity contribution in [1.29, 1.82) is 5.26 Å². The maximum Gasteiger partial charge on any atom is 0.206 e. The van der Waals surface area contributed by atoms with Crippen molar-refractivity contribution in [2.45, 2.75) is 6.92 Å². The molecule has 0 saturated heterocycles. The van der Waals surface area contributed by atoms with Gasteiger partial charge in [-0.25, -0.2) is 4.39 Å². The largest absolute Gasteiger partial charge is 0.500 e. The molecule has 0 unspecified atom stereocenters. The molecule has 0 N–H and O–H groups in total. The summed E-state index contributed by atoms with van der Waals surface area (Å²) in [6.45, 7) is 1.53. The first kappa shape index (κ1) is 11.9. The molecule has 0 fully saturated rings. The molecule has 3 nitrogen and oxygen atoms in total. The van der Waals surface area contributed by atoms with Crippen LogP contribution in [0.1, 0.15) is 17.3 Å². The van der Waals surface area contributed by atoms with Crippen LogP contribution >= 0.6 is 0 Å². The smallest absolute Gasteiger partial charge is 0.206 e. The van der Waals surface area contributed by atoms with Gasteiger partial charge in [-0.2, -0.15) is 5.26 Å². The molecule has 1 rings (SSSR count). The normalized spacial score (nSPS) is 11.4. The minimum Gasteiger partial charge on any atom is -0.500 e. The zero-order valence-corrected chi connectivity index (χ0v) is 8.95. The summed E-state index contributed by atoms with van der Waals surface area (Å²) in [7, 11) is 1.38. The van der Waals surface area contributed by atoms with E-state index in [0.29, 0.717) is 0 Å². The number of Topliss-reactive ketones (excluding diaryl/α,β-unsaturated/α-hetero) is 1. The van der Waals surface area contributed by atoms with Crippen molar-refractivity contribution in [3.8, 4) is 6.07 Å². The molecule has 0 saturated carbocycles. The van der Waals surface area contributed by atoms with Crippen molar-refractivity contribution in [3.05, 3.63) is 47.0 Å². The van der Waals surface area contributed by atoms with E-state index in [1.54, 1.807) is 6.07 Å². The molecular weight excluding hydrogens is 209 g/mol. The predicted molar refractivity (Wildman–Crippen MR) is 56.1 cm³/mol. The van der Waals surface area contributed by atoms with Gasteiger partial charge in [0.2, 0.25) is 5.78 Å². The number of hydrogen-bond acceptors (Lipinski definition) is 3. The zero-order valence-electron chi connectivity index (χ0n) is 8.95. The Labute approximate surface area is 92.8 Å². The number of carbonyl (C=O) groups excluding carboxylic acids is 1. The van der Waals surface area contributed by atoms with Crippen LogP contribution in [-0.4, -0.2) is 12.9 Å². The summed E-state index contributed by atoms with van der Waals surface area (Å²) in [5.41, 5.74) is 0.184. The predicted octanol–water partition coefficient (Wildman–Crippen LogP) is 2.45. The number of nitrogens with zero attached hydrogens (tertiary/aromatic N) is 1. The van der Waals surface area contributed by atoms with E-state index >= 15 is 0 Å². The number of ketones is 1. The highest BCUT2D eigenvalue weighted by atomic mass is 19.1. The van der Waals surface area contributed by atoms with Crippen LogP contribution in [-0.2, 0) is 4.74 Å². The zero-order chi connectivity index (χ0) is 12.1. The van der Waals surface area contributed by atoms with Gasteiger partial charge in [-0.15, -0.1) is 0 Å². The second-order valence-electron chi connectivity index (χ2n) is 3.08. The standard InChI is InChI=1S/C12H10FNO2/c1-8(16-2)11(7-14)12(15)9-3-5-10(13)6-4-9/h3-6H,1-2H3/b11-8-. The number of nitriles is 1. The molecule has 0 heterocycles. The molecule has 0 aliphatic rings. The van der Waals surface area contributed by atoms with E-state index in [4.69, 9.17) is 10.00 Å². The Morgan fingerprint density at radius 1 is 1.38 bits per heavy atom. The molecule has 0 aromatic heterocycles. The van der Waals surface area contributed by atoms with E-state index in [1.165, 1.54) is 38.3 Å². The van der Waals surface area contributed by atoms with Gasteiger partial charge in [-0.05, 0) is 31.2 Å². The fraction of sp³-hybridized carbons (Fsp3) is 0.167. The van der Waals surface area contributed by atoms with Crippen LogP contribution < -0.4 is 0 Å². The number of hydrogen-bond donors (Lipinski definition) is 0. The number of benzene rings is 1. The van der Waals surface area contributed by atoms with Crippen molar-refractivity contribution in [2.24, 2.45) is 0 Å². The van der Waals surface area contributed by atoms with Crippen LogP contribution in [0, 0.1) is 17.1 Å². The second-order valence-corrected chi connectivity index (χ2v) is 3.08. The molecule has 1 aromatic carbocycles. The molecule has 0 aliphatic heterocycles. The van der Waals surface area contributed by atoms with Crippen molar-refractivity contribution < 1.29 is 13.9 Å². The Bertz CT molecular complexity index is 469. The Morgan fingerprint density at radius 3 is 2.38 bits per heavy atom. The van der Waals surface area contributed by atoms with E-state index in [0.717, 1.165) is 0 Å². The van der Waals surface area contributed by atoms with Crippen LogP contribution in [0.4, 0.5) is 4.39 Å². The molecule has 0 radical (unpaired) electrons. The van der Waals surface area contributed by atoms with Gasteiger partial charge in [0, 0.05) is 5.56 Å². The lowest BCUT2D eigenvalue weighted by Crippen LogP contribution is -2.05. The molecule has 82 valence electrons. The third kappa shape index (κ3) is 2.45. The number of halogens is 1. The minimum atomic E-state index is -0.471. The van der Waals surface area contributed by atoms with E-state index in [1.807, 2.05) is 0 Å². The highest BCUT2D eigenvalue weighted by Gasteiger charge is 2.15. The molecule has 0 spiro atoms. The molecule has 0 aliphatic carbocycles. The minimum absolute atomic E-state index is 0.0749. The molecule has 0 bridgehead atoms. The third-order valence-corrected chi connectivity index (χ3v) is 2.10. The maximum absolute atomic E-state index is 12.6. The Kier molecular flexibility index (Phi) is 3.78. The summed E-state index contributed by atoms with van der Waals surface area (Å²) < 4.78 is 17.5. The van der Waals surface area contributed by atoms with Gasteiger partial charge < -0.3 is 4.74 Å². The summed E-state index contributed by atoms with van der Waals surface area (Å²) in [6.07, 6.45) is 0. The summed E-state index contributed by atoms with van der Waals surface area (Å²) in [6, 6.07) is 6.78. The van der Waals surface area contributed by atoms with Gasteiger partial charge in [0.05, 0.1) is 7.11 Å². The summed E-state index contributed by atoms with van der Waals surface area (Å²) >= 11 is 0. The maximum atomic E-state index is 12.6. The quantitative estimate of drug-likeness (QED) is 0.339. The van der Waals surface area contributed by atoms with E-state index in [9.17, 15) is 9.18 Å². The third-order valence-electron chi connectivity index (χ3n) is 2.10. The van der Waals surface area contributed by atoms with Crippen molar-refractivity contribution >= 4 is 5.78 Å². The Hall–Kier alpha value is -2.15. The lowest BCUT2D eigenvalue weighted by molar-refractivity contribution is 0.103. The number of rotatable bonds is 3. The van der Waals surface area contributed by atoms with Crippen molar-refractivity contribution in [3.63, 3.8) is 0 Å². The van der Waals surface area contributed by atoms with Crippen LogP contribution in [0.5, 0.6) is 0 Å².